The Morgan fingerprint density at radius 1 is 1.08 bits per heavy atom. The van der Waals surface area contributed by atoms with Crippen molar-refractivity contribution in [3.05, 3.63) is 48.0 Å². The summed E-state index contributed by atoms with van der Waals surface area (Å²) in [5.41, 5.74) is 0.640. The summed E-state index contributed by atoms with van der Waals surface area (Å²) < 4.78 is 22.4. The Hall–Kier alpha value is -3.24. The normalized spacial score (nSPS) is 12.0. The van der Waals surface area contributed by atoms with Crippen LogP contribution < -0.4 is 5.14 Å². The molecule has 0 fully saturated rings. The van der Waals surface area contributed by atoms with Gasteiger partial charge in [-0.3, -0.25) is 0 Å². The number of hydrogen-bond donors (Lipinski definition) is 4. The summed E-state index contributed by atoms with van der Waals surface area (Å²) in [5, 5.41) is 32.3. The van der Waals surface area contributed by atoms with E-state index in [0.29, 0.717) is 11.2 Å². The van der Waals surface area contributed by atoms with Crippen LogP contribution in [0.25, 0.3) is 10.9 Å². The van der Waals surface area contributed by atoms with Crippen LogP contribution in [0.3, 0.4) is 0 Å². The van der Waals surface area contributed by atoms with Gasteiger partial charge >= 0.3 is 5.97 Å². The van der Waals surface area contributed by atoms with E-state index in [2.05, 4.69) is 15.2 Å². The Morgan fingerprint density at radius 3 is 2.36 bits per heavy atom. The number of aromatic hydroxyl groups is 1. The van der Waals surface area contributed by atoms with Crippen LogP contribution in [0.5, 0.6) is 5.88 Å². The molecule has 2 aromatic carbocycles. The number of primary sulfonamides is 1. The highest BCUT2D eigenvalue weighted by Gasteiger charge is 2.17. The van der Waals surface area contributed by atoms with Crippen LogP contribution in [0.4, 0.5) is 11.4 Å². The molecular formula is C15H12N4O5S. The van der Waals surface area contributed by atoms with Gasteiger partial charge in [0.15, 0.2) is 5.69 Å². The van der Waals surface area contributed by atoms with Crippen molar-refractivity contribution >= 4 is 38.3 Å². The lowest BCUT2D eigenvalue weighted by molar-refractivity contribution is 0.0699. The summed E-state index contributed by atoms with van der Waals surface area (Å²) in [6.07, 6.45) is 0. The highest BCUT2D eigenvalue weighted by Crippen LogP contribution is 2.38. The van der Waals surface area contributed by atoms with Gasteiger partial charge in [-0.25, -0.2) is 18.4 Å². The number of aromatic carboxylic acids is 1. The molecule has 3 rings (SSSR count). The first kappa shape index (κ1) is 16.6. The molecule has 0 amide bonds. The van der Waals surface area contributed by atoms with Gasteiger partial charge in [0.25, 0.3) is 0 Å². The van der Waals surface area contributed by atoms with Gasteiger partial charge < -0.3 is 15.2 Å². The molecule has 0 saturated carbocycles. The molecule has 0 aliphatic rings. The van der Waals surface area contributed by atoms with Crippen LogP contribution in [-0.4, -0.2) is 29.6 Å². The maximum Gasteiger partial charge on any atom is 0.336 e. The number of carbonyl (C=O) groups is 1. The third kappa shape index (κ3) is 3.20. The van der Waals surface area contributed by atoms with E-state index in [0.717, 1.165) is 0 Å². The zero-order valence-corrected chi connectivity index (χ0v) is 13.4. The first-order valence-corrected chi connectivity index (χ1v) is 8.43. The second-order valence-electron chi connectivity index (χ2n) is 5.09. The van der Waals surface area contributed by atoms with Gasteiger partial charge in [0.2, 0.25) is 15.9 Å². The first-order valence-electron chi connectivity index (χ1n) is 6.89. The number of carboxylic acid groups (broad SMARTS) is 1. The lowest BCUT2D eigenvalue weighted by Gasteiger charge is -1.99. The predicted octanol–water partition coefficient (Wildman–Crippen LogP) is 2.63. The number of nitrogens with zero attached hydrogens (tertiary/aromatic N) is 2. The molecule has 0 aliphatic carbocycles. The largest absolute Gasteiger partial charge is 0.493 e. The van der Waals surface area contributed by atoms with Crippen LogP contribution in [0.1, 0.15) is 10.4 Å². The van der Waals surface area contributed by atoms with Crippen molar-refractivity contribution < 1.29 is 23.4 Å². The summed E-state index contributed by atoms with van der Waals surface area (Å²) >= 11 is 0. The third-order valence-corrected chi connectivity index (χ3v) is 4.37. The number of sulfonamides is 1. The molecule has 3 aromatic rings. The fraction of sp³-hybridized carbons (Fsp3) is 0. The molecule has 0 aliphatic heterocycles. The monoisotopic (exact) mass is 360 g/mol. The lowest BCUT2D eigenvalue weighted by atomic mass is 10.1. The molecule has 0 bridgehead atoms. The summed E-state index contributed by atoms with van der Waals surface area (Å²) in [4.78, 5) is 13.9. The second kappa shape index (κ2) is 6.00. The first-order chi connectivity index (χ1) is 11.8. The number of aromatic nitrogens is 1. The topological polar surface area (TPSA) is 158 Å². The SMILES string of the molecule is NS(=O)(=O)c1ccc(N=Nc2c(O)[nH]c3cccc(C(=O)O)c23)cc1. The van der Waals surface area contributed by atoms with E-state index in [9.17, 15) is 23.4 Å². The van der Waals surface area contributed by atoms with E-state index in [4.69, 9.17) is 5.14 Å². The Kier molecular flexibility index (Phi) is 3.99. The van der Waals surface area contributed by atoms with Gasteiger partial charge in [0.1, 0.15) is 0 Å². The van der Waals surface area contributed by atoms with Gasteiger partial charge in [0.05, 0.1) is 21.7 Å². The Bertz CT molecular complexity index is 1100. The van der Waals surface area contributed by atoms with E-state index in [1.807, 2.05) is 0 Å². The molecule has 0 unspecified atom stereocenters. The molecule has 0 saturated heterocycles. The number of azo groups is 1. The summed E-state index contributed by atoms with van der Waals surface area (Å²) in [7, 11) is -3.81. The van der Waals surface area contributed by atoms with Gasteiger partial charge in [0, 0.05) is 5.39 Å². The van der Waals surface area contributed by atoms with Crippen LogP contribution in [0, 0.1) is 0 Å². The minimum Gasteiger partial charge on any atom is -0.493 e. The zero-order chi connectivity index (χ0) is 18.2. The van der Waals surface area contributed by atoms with Crippen molar-refractivity contribution in [3.63, 3.8) is 0 Å². The molecule has 1 heterocycles. The third-order valence-electron chi connectivity index (χ3n) is 3.44. The molecule has 10 heteroatoms. The van der Waals surface area contributed by atoms with Crippen molar-refractivity contribution in [3.8, 4) is 5.88 Å². The quantitative estimate of drug-likeness (QED) is 0.526. The molecule has 25 heavy (non-hydrogen) atoms. The van der Waals surface area contributed by atoms with Gasteiger partial charge in [-0.05, 0) is 36.4 Å². The fourth-order valence-electron chi connectivity index (χ4n) is 2.30. The molecule has 1 aromatic heterocycles. The maximum atomic E-state index is 11.3. The number of fused-ring (bicyclic) bond motifs is 1. The smallest absolute Gasteiger partial charge is 0.336 e. The summed E-state index contributed by atoms with van der Waals surface area (Å²) in [5.74, 6) is -1.49. The number of benzene rings is 2. The number of H-pyrrole nitrogens is 1. The van der Waals surface area contributed by atoms with E-state index in [-0.39, 0.29) is 27.4 Å². The fourth-order valence-corrected chi connectivity index (χ4v) is 2.82. The van der Waals surface area contributed by atoms with Crippen molar-refractivity contribution in [1.29, 1.82) is 0 Å². The number of nitrogens with one attached hydrogen (secondary N) is 1. The molecule has 0 atom stereocenters. The molecule has 128 valence electrons. The van der Waals surface area contributed by atoms with E-state index < -0.39 is 16.0 Å². The number of hydrogen-bond acceptors (Lipinski definition) is 6. The highest BCUT2D eigenvalue weighted by atomic mass is 32.2. The number of aromatic amines is 1. The minimum atomic E-state index is -3.81. The predicted molar refractivity (Wildman–Crippen MR) is 88.9 cm³/mol. The number of carboxylic acids is 1. The van der Waals surface area contributed by atoms with Gasteiger partial charge in [-0.2, -0.15) is 5.11 Å². The Morgan fingerprint density at radius 2 is 1.76 bits per heavy atom. The lowest BCUT2D eigenvalue weighted by Crippen LogP contribution is -2.11. The average molecular weight is 360 g/mol. The van der Waals surface area contributed by atoms with E-state index in [1.165, 1.54) is 36.4 Å². The van der Waals surface area contributed by atoms with Gasteiger partial charge in [-0.1, -0.05) is 6.07 Å². The van der Waals surface area contributed by atoms with Crippen LogP contribution >= 0.6 is 0 Å². The summed E-state index contributed by atoms with van der Waals surface area (Å²) in [6, 6.07) is 9.82. The van der Waals surface area contributed by atoms with Crippen molar-refractivity contribution in [1.82, 2.24) is 4.98 Å². The highest BCUT2D eigenvalue weighted by molar-refractivity contribution is 7.89. The zero-order valence-electron chi connectivity index (χ0n) is 12.5. The van der Waals surface area contributed by atoms with E-state index in [1.54, 1.807) is 6.07 Å². The van der Waals surface area contributed by atoms with Crippen molar-refractivity contribution in [2.75, 3.05) is 0 Å². The van der Waals surface area contributed by atoms with Crippen LogP contribution in [0.2, 0.25) is 0 Å². The maximum absolute atomic E-state index is 11.3. The second-order valence-corrected chi connectivity index (χ2v) is 6.66. The van der Waals surface area contributed by atoms with E-state index >= 15 is 0 Å². The minimum absolute atomic E-state index is 0.0245. The summed E-state index contributed by atoms with van der Waals surface area (Å²) in [6.45, 7) is 0. The Balaban J connectivity index is 2.04. The molecule has 0 radical (unpaired) electrons. The van der Waals surface area contributed by atoms with Crippen molar-refractivity contribution in [2.24, 2.45) is 15.4 Å². The van der Waals surface area contributed by atoms with Crippen LogP contribution in [-0.2, 0) is 10.0 Å². The molecule has 5 N–H and O–H groups in total. The van der Waals surface area contributed by atoms with Gasteiger partial charge in [-0.15, -0.1) is 5.11 Å². The van der Waals surface area contributed by atoms with Crippen LogP contribution in [0.15, 0.2) is 57.6 Å². The Labute approximate surface area is 141 Å². The number of rotatable bonds is 4. The van der Waals surface area contributed by atoms with Crippen molar-refractivity contribution in [2.45, 2.75) is 4.90 Å². The molecule has 9 nitrogen and oxygen atoms in total. The number of nitrogens with two attached hydrogens (primary N) is 1. The standard InChI is InChI=1S/C15H12N4O5S/c16-25(23,24)9-6-4-8(5-7-9)18-19-13-12-10(15(21)22)2-1-3-11(12)17-14(13)20/h1-7,17,20H,(H,21,22)(H2,16,23,24). The average Bonchev–Trinajstić information content (AvgIpc) is 2.87. The molecule has 0 spiro atoms. The molecular weight excluding hydrogens is 348 g/mol.